The molecule has 2 rings (SSSR count). The van der Waals surface area contributed by atoms with Crippen LogP contribution in [0.25, 0.3) is 0 Å². The minimum absolute atomic E-state index is 0.272. The summed E-state index contributed by atoms with van der Waals surface area (Å²) in [5, 5.41) is 0. The summed E-state index contributed by atoms with van der Waals surface area (Å²) in [5.41, 5.74) is 10.5. The van der Waals surface area contributed by atoms with E-state index >= 15 is 0 Å². The second-order valence-electron chi connectivity index (χ2n) is 6.56. The minimum atomic E-state index is 0.272. The molecule has 0 radical (unpaired) electrons. The van der Waals surface area contributed by atoms with E-state index in [2.05, 4.69) is 50.8 Å². The van der Waals surface area contributed by atoms with Crippen LogP contribution < -0.4 is 5.73 Å². The lowest BCUT2D eigenvalue weighted by molar-refractivity contribution is 0.114. The van der Waals surface area contributed by atoms with Crippen LogP contribution >= 0.6 is 0 Å². The van der Waals surface area contributed by atoms with E-state index in [1.54, 1.807) is 0 Å². The van der Waals surface area contributed by atoms with Gasteiger partial charge in [0.15, 0.2) is 0 Å². The van der Waals surface area contributed by atoms with Crippen molar-refractivity contribution in [1.29, 1.82) is 0 Å². The largest absolute Gasteiger partial charge is 0.326 e. The molecule has 0 aromatic heterocycles. The normalized spacial score (nSPS) is 24.9. The second-order valence-corrected chi connectivity index (χ2v) is 6.56. The number of nitrogens with zero attached hydrogens (tertiary/aromatic N) is 1. The van der Waals surface area contributed by atoms with Crippen LogP contribution in [0.2, 0.25) is 0 Å². The molecule has 2 nitrogen and oxygen atoms in total. The highest BCUT2D eigenvalue weighted by Gasteiger charge is 2.30. The Hall–Kier alpha value is -0.860. The molecular weight excluding hydrogens is 232 g/mol. The number of hydrogen-bond donors (Lipinski definition) is 1. The first-order valence-corrected chi connectivity index (χ1v) is 7.55. The van der Waals surface area contributed by atoms with E-state index in [9.17, 15) is 0 Å². The Kier molecular flexibility index (Phi) is 4.64. The molecule has 1 aromatic rings. The summed E-state index contributed by atoms with van der Waals surface area (Å²) in [6.07, 6.45) is 2.38. The van der Waals surface area contributed by atoms with Crippen LogP contribution in [0.4, 0.5) is 0 Å². The van der Waals surface area contributed by atoms with Crippen molar-refractivity contribution in [2.75, 3.05) is 13.1 Å². The van der Waals surface area contributed by atoms with Gasteiger partial charge in [0.05, 0.1) is 0 Å². The predicted molar refractivity (Wildman–Crippen MR) is 82.3 cm³/mol. The SMILES string of the molecule is Cc1cc(C)cc(C2C(N)CCCN2CC(C)C)c1. The molecule has 1 saturated heterocycles. The van der Waals surface area contributed by atoms with Crippen LogP contribution in [0, 0.1) is 19.8 Å². The van der Waals surface area contributed by atoms with Crippen molar-refractivity contribution in [3.63, 3.8) is 0 Å². The highest BCUT2D eigenvalue weighted by molar-refractivity contribution is 5.32. The van der Waals surface area contributed by atoms with Gasteiger partial charge in [-0.25, -0.2) is 0 Å². The molecule has 1 aliphatic heterocycles. The van der Waals surface area contributed by atoms with Crippen LogP contribution in [0.1, 0.15) is 49.4 Å². The van der Waals surface area contributed by atoms with Gasteiger partial charge in [-0.1, -0.05) is 43.2 Å². The van der Waals surface area contributed by atoms with E-state index < -0.39 is 0 Å². The van der Waals surface area contributed by atoms with E-state index in [1.807, 2.05) is 0 Å². The maximum Gasteiger partial charge on any atom is 0.0499 e. The standard InChI is InChI=1S/C17H28N2/c1-12(2)11-19-7-5-6-16(18)17(19)15-9-13(3)8-14(4)10-15/h8-10,12,16-17H,5-7,11,18H2,1-4H3. The van der Waals surface area contributed by atoms with Crippen molar-refractivity contribution in [2.45, 2.75) is 52.6 Å². The molecule has 19 heavy (non-hydrogen) atoms. The summed E-state index contributed by atoms with van der Waals surface area (Å²) >= 11 is 0. The zero-order valence-corrected chi connectivity index (χ0v) is 12.8. The van der Waals surface area contributed by atoms with Crippen molar-refractivity contribution in [1.82, 2.24) is 4.90 Å². The van der Waals surface area contributed by atoms with Gasteiger partial charge in [-0.15, -0.1) is 0 Å². The van der Waals surface area contributed by atoms with Crippen molar-refractivity contribution in [3.05, 3.63) is 34.9 Å². The number of nitrogens with two attached hydrogens (primary N) is 1. The topological polar surface area (TPSA) is 29.3 Å². The lowest BCUT2D eigenvalue weighted by Crippen LogP contribution is -2.47. The fourth-order valence-corrected chi connectivity index (χ4v) is 3.41. The Labute approximate surface area is 118 Å². The van der Waals surface area contributed by atoms with Gasteiger partial charge in [0.25, 0.3) is 0 Å². The quantitative estimate of drug-likeness (QED) is 0.902. The van der Waals surface area contributed by atoms with E-state index in [-0.39, 0.29) is 6.04 Å². The molecule has 2 heteroatoms. The molecule has 0 saturated carbocycles. The summed E-state index contributed by atoms with van der Waals surface area (Å²) in [7, 11) is 0. The fourth-order valence-electron chi connectivity index (χ4n) is 3.41. The number of aryl methyl sites for hydroxylation is 2. The number of rotatable bonds is 3. The maximum absolute atomic E-state index is 6.44. The highest BCUT2D eigenvalue weighted by Crippen LogP contribution is 2.31. The van der Waals surface area contributed by atoms with Gasteiger partial charge >= 0.3 is 0 Å². The molecule has 1 heterocycles. The van der Waals surface area contributed by atoms with Gasteiger partial charge in [0, 0.05) is 18.6 Å². The molecule has 1 fully saturated rings. The first-order chi connectivity index (χ1) is 8.97. The average Bonchev–Trinajstić information content (AvgIpc) is 2.26. The summed E-state index contributed by atoms with van der Waals surface area (Å²) in [5.74, 6) is 0.693. The number of likely N-dealkylation sites (tertiary alicyclic amines) is 1. The van der Waals surface area contributed by atoms with Crippen molar-refractivity contribution < 1.29 is 0 Å². The third-order valence-corrected chi connectivity index (χ3v) is 3.97. The Bertz CT molecular complexity index is 405. The lowest BCUT2D eigenvalue weighted by atomic mass is 9.89. The first kappa shape index (κ1) is 14.5. The van der Waals surface area contributed by atoms with Crippen molar-refractivity contribution in [2.24, 2.45) is 11.7 Å². The summed E-state index contributed by atoms with van der Waals surface area (Å²) in [6.45, 7) is 11.3. The number of piperidine rings is 1. The maximum atomic E-state index is 6.44. The van der Waals surface area contributed by atoms with Gasteiger partial charge in [-0.05, 0) is 44.7 Å². The highest BCUT2D eigenvalue weighted by atomic mass is 15.2. The molecule has 0 bridgehead atoms. The molecule has 106 valence electrons. The van der Waals surface area contributed by atoms with Gasteiger partial charge in [-0.2, -0.15) is 0 Å². The van der Waals surface area contributed by atoms with Crippen LogP contribution in [0.3, 0.4) is 0 Å². The van der Waals surface area contributed by atoms with Gasteiger partial charge in [0.1, 0.15) is 0 Å². The Balaban J connectivity index is 2.30. The first-order valence-electron chi connectivity index (χ1n) is 7.55. The third-order valence-electron chi connectivity index (χ3n) is 3.97. The van der Waals surface area contributed by atoms with Crippen LogP contribution in [-0.2, 0) is 0 Å². The Morgan fingerprint density at radius 2 is 1.84 bits per heavy atom. The Morgan fingerprint density at radius 1 is 1.21 bits per heavy atom. The predicted octanol–water partition coefficient (Wildman–Crippen LogP) is 3.42. The smallest absolute Gasteiger partial charge is 0.0499 e. The minimum Gasteiger partial charge on any atom is -0.326 e. The third kappa shape index (κ3) is 3.58. The van der Waals surface area contributed by atoms with E-state index in [1.165, 1.54) is 29.7 Å². The van der Waals surface area contributed by atoms with E-state index in [4.69, 9.17) is 5.73 Å². The van der Waals surface area contributed by atoms with Crippen LogP contribution in [-0.4, -0.2) is 24.0 Å². The van der Waals surface area contributed by atoms with Gasteiger partial charge in [0.2, 0.25) is 0 Å². The number of benzene rings is 1. The molecule has 1 aliphatic rings. The molecule has 0 amide bonds. The average molecular weight is 260 g/mol. The zero-order valence-electron chi connectivity index (χ0n) is 12.8. The molecule has 0 spiro atoms. The molecule has 0 aliphatic carbocycles. The zero-order chi connectivity index (χ0) is 14.0. The molecule has 2 atom stereocenters. The Morgan fingerprint density at radius 3 is 2.42 bits per heavy atom. The van der Waals surface area contributed by atoms with Gasteiger partial charge in [-0.3, -0.25) is 4.90 Å². The second kappa shape index (κ2) is 6.06. The molecule has 2 N–H and O–H groups in total. The monoisotopic (exact) mass is 260 g/mol. The van der Waals surface area contributed by atoms with Crippen molar-refractivity contribution in [3.8, 4) is 0 Å². The molecule has 2 unspecified atom stereocenters. The van der Waals surface area contributed by atoms with E-state index in [0.717, 1.165) is 13.0 Å². The summed E-state index contributed by atoms with van der Waals surface area (Å²) < 4.78 is 0. The fraction of sp³-hybridized carbons (Fsp3) is 0.647. The number of hydrogen-bond acceptors (Lipinski definition) is 2. The lowest BCUT2D eigenvalue weighted by Gasteiger charge is -2.41. The molecular formula is C17H28N2. The van der Waals surface area contributed by atoms with Crippen LogP contribution in [0.5, 0.6) is 0 Å². The van der Waals surface area contributed by atoms with Crippen LogP contribution in [0.15, 0.2) is 18.2 Å². The summed E-state index contributed by atoms with van der Waals surface area (Å²) in [4.78, 5) is 2.59. The van der Waals surface area contributed by atoms with Gasteiger partial charge < -0.3 is 5.73 Å². The summed E-state index contributed by atoms with van der Waals surface area (Å²) in [6, 6.07) is 7.54. The molecule has 1 aromatic carbocycles. The van der Waals surface area contributed by atoms with E-state index in [0.29, 0.717) is 12.0 Å². The van der Waals surface area contributed by atoms with Crippen molar-refractivity contribution >= 4 is 0 Å².